The van der Waals surface area contributed by atoms with Gasteiger partial charge in [0.05, 0.1) is 23.7 Å². The fourth-order valence-corrected chi connectivity index (χ4v) is 4.40. The number of nitrogens with one attached hydrogen (secondary N) is 1. The van der Waals surface area contributed by atoms with E-state index in [1.807, 2.05) is 36.7 Å². The molecule has 2 aromatic carbocycles. The van der Waals surface area contributed by atoms with Crippen LogP contribution in [0.3, 0.4) is 0 Å². The van der Waals surface area contributed by atoms with Gasteiger partial charge in [-0.1, -0.05) is 54.1 Å². The highest BCUT2D eigenvalue weighted by Gasteiger charge is 2.20. The average molecular weight is 408 g/mol. The first-order valence-corrected chi connectivity index (χ1v) is 10.8. The van der Waals surface area contributed by atoms with E-state index in [0.29, 0.717) is 11.6 Å². The number of rotatable bonds is 5. The van der Waals surface area contributed by atoms with Crippen LogP contribution < -0.4 is 5.32 Å². The molecule has 1 fully saturated rings. The molecule has 1 atom stereocenters. The van der Waals surface area contributed by atoms with Gasteiger partial charge in [0.15, 0.2) is 11.3 Å². The molecule has 5 nitrogen and oxygen atoms in total. The fraction of sp³-hybridized carbons (Fsp3) is 0.269. The molecule has 31 heavy (non-hydrogen) atoms. The smallest absolute Gasteiger partial charge is 0.187 e. The second-order valence-electron chi connectivity index (χ2n) is 8.30. The number of nitrogens with zero attached hydrogens (tertiary/aromatic N) is 4. The van der Waals surface area contributed by atoms with Crippen LogP contribution in [0.4, 0.5) is 5.69 Å². The SMILES string of the molecule is [C-]#[N+]c1ccc(-c2nc(CCC3CCNC3)c3nccn3c2-c2ccc(C)cc2)cc1. The molecule has 0 radical (unpaired) electrons. The minimum Gasteiger partial charge on any atom is -0.316 e. The zero-order valence-electron chi connectivity index (χ0n) is 17.7. The molecule has 1 unspecified atom stereocenters. The average Bonchev–Trinajstić information content (AvgIpc) is 3.50. The first-order chi connectivity index (χ1) is 15.2. The van der Waals surface area contributed by atoms with Crippen LogP contribution in [0.25, 0.3) is 33.0 Å². The molecule has 0 saturated carbocycles. The fourth-order valence-electron chi connectivity index (χ4n) is 4.40. The largest absolute Gasteiger partial charge is 0.316 e. The predicted octanol–water partition coefficient (Wildman–Crippen LogP) is 5.46. The number of imidazole rings is 1. The van der Waals surface area contributed by atoms with Crippen molar-refractivity contribution in [2.45, 2.75) is 26.2 Å². The van der Waals surface area contributed by atoms with E-state index in [0.717, 1.165) is 59.8 Å². The number of benzene rings is 2. The van der Waals surface area contributed by atoms with Crippen molar-refractivity contribution in [3.8, 4) is 22.5 Å². The second-order valence-corrected chi connectivity index (χ2v) is 8.30. The standard InChI is InChI=1S/C26H25N5/c1-18-3-6-21(7-4-18)25-24(20-8-10-22(27-2)11-9-20)30-23(26-29-15-16-31(25)26)12-5-19-13-14-28-17-19/h3-4,6-11,15-16,19,28H,5,12-14,17H2,1H3. The number of hydrogen-bond donors (Lipinski definition) is 1. The predicted molar refractivity (Wildman–Crippen MR) is 124 cm³/mol. The van der Waals surface area contributed by atoms with Crippen LogP contribution in [0.5, 0.6) is 0 Å². The Hall–Kier alpha value is -3.49. The maximum Gasteiger partial charge on any atom is 0.187 e. The van der Waals surface area contributed by atoms with Crippen molar-refractivity contribution in [1.29, 1.82) is 0 Å². The number of hydrogen-bond acceptors (Lipinski definition) is 3. The molecule has 5 rings (SSSR count). The van der Waals surface area contributed by atoms with Crippen molar-refractivity contribution >= 4 is 11.3 Å². The summed E-state index contributed by atoms with van der Waals surface area (Å²) in [6.45, 7) is 11.6. The minimum absolute atomic E-state index is 0.637. The van der Waals surface area contributed by atoms with E-state index in [1.165, 1.54) is 12.0 Å². The van der Waals surface area contributed by atoms with Crippen LogP contribution in [-0.4, -0.2) is 27.5 Å². The lowest BCUT2D eigenvalue weighted by Gasteiger charge is -2.16. The summed E-state index contributed by atoms with van der Waals surface area (Å²) in [5.74, 6) is 0.704. The molecule has 1 N–H and O–H groups in total. The highest BCUT2D eigenvalue weighted by atomic mass is 15.0. The molecule has 154 valence electrons. The van der Waals surface area contributed by atoms with Gasteiger partial charge in [0.2, 0.25) is 0 Å². The van der Waals surface area contributed by atoms with Gasteiger partial charge in [0.25, 0.3) is 0 Å². The van der Waals surface area contributed by atoms with Gasteiger partial charge >= 0.3 is 0 Å². The lowest BCUT2D eigenvalue weighted by atomic mass is 9.99. The Kier molecular flexibility index (Phi) is 5.23. The summed E-state index contributed by atoms with van der Waals surface area (Å²) in [5.41, 5.74) is 7.93. The molecule has 4 aromatic rings. The van der Waals surface area contributed by atoms with E-state index in [2.05, 4.69) is 50.7 Å². The Labute approximate surface area is 182 Å². The summed E-state index contributed by atoms with van der Waals surface area (Å²) in [5, 5.41) is 3.46. The van der Waals surface area contributed by atoms with Crippen LogP contribution in [0.1, 0.15) is 24.1 Å². The Balaban J connectivity index is 1.67. The van der Waals surface area contributed by atoms with Crippen molar-refractivity contribution < 1.29 is 0 Å². The van der Waals surface area contributed by atoms with Crippen LogP contribution in [-0.2, 0) is 6.42 Å². The summed E-state index contributed by atoms with van der Waals surface area (Å²) in [7, 11) is 0. The third-order valence-corrected chi connectivity index (χ3v) is 6.16. The molecular weight excluding hydrogens is 382 g/mol. The number of aromatic nitrogens is 3. The van der Waals surface area contributed by atoms with Crippen LogP contribution >= 0.6 is 0 Å². The van der Waals surface area contributed by atoms with Gasteiger partial charge in [-0.2, -0.15) is 0 Å². The summed E-state index contributed by atoms with van der Waals surface area (Å²) in [6, 6.07) is 16.3. The Morgan fingerprint density at radius 3 is 2.58 bits per heavy atom. The summed E-state index contributed by atoms with van der Waals surface area (Å²) in [4.78, 5) is 13.4. The summed E-state index contributed by atoms with van der Waals surface area (Å²) >= 11 is 0. The maximum atomic E-state index is 7.27. The van der Waals surface area contributed by atoms with Crippen molar-refractivity contribution in [3.05, 3.63) is 83.6 Å². The van der Waals surface area contributed by atoms with Crippen LogP contribution in [0.15, 0.2) is 60.9 Å². The normalized spacial score (nSPS) is 15.9. The monoisotopic (exact) mass is 407 g/mol. The lowest BCUT2D eigenvalue weighted by Crippen LogP contribution is -2.11. The van der Waals surface area contributed by atoms with Crippen molar-refractivity contribution in [2.75, 3.05) is 13.1 Å². The highest BCUT2D eigenvalue weighted by molar-refractivity contribution is 5.81. The van der Waals surface area contributed by atoms with Crippen molar-refractivity contribution in [3.63, 3.8) is 0 Å². The molecule has 0 bridgehead atoms. The van der Waals surface area contributed by atoms with Crippen molar-refractivity contribution in [2.24, 2.45) is 5.92 Å². The topological polar surface area (TPSA) is 46.6 Å². The van der Waals surface area contributed by atoms with E-state index in [-0.39, 0.29) is 0 Å². The van der Waals surface area contributed by atoms with Crippen LogP contribution in [0.2, 0.25) is 0 Å². The minimum atomic E-state index is 0.637. The first kappa shape index (κ1) is 19.5. The number of fused-ring (bicyclic) bond motifs is 1. The number of aryl methyl sites for hydroxylation is 2. The van der Waals surface area contributed by atoms with Gasteiger partial charge in [0, 0.05) is 18.0 Å². The Morgan fingerprint density at radius 1 is 1.10 bits per heavy atom. The van der Waals surface area contributed by atoms with E-state index in [9.17, 15) is 0 Å². The van der Waals surface area contributed by atoms with Crippen LogP contribution in [0, 0.1) is 19.4 Å². The Bertz CT molecular complexity index is 1240. The van der Waals surface area contributed by atoms with E-state index < -0.39 is 0 Å². The molecule has 5 heteroatoms. The van der Waals surface area contributed by atoms with E-state index >= 15 is 0 Å². The third kappa shape index (κ3) is 3.83. The zero-order valence-corrected chi connectivity index (χ0v) is 17.7. The molecular formula is C26H25N5. The van der Waals surface area contributed by atoms with Gasteiger partial charge in [0.1, 0.15) is 0 Å². The zero-order chi connectivity index (χ0) is 21.2. The molecule has 1 aliphatic heterocycles. The third-order valence-electron chi connectivity index (χ3n) is 6.16. The van der Waals surface area contributed by atoms with E-state index in [1.54, 1.807) is 0 Å². The molecule has 0 aliphatic carbocycles. The van der Waals surface area contributed by atoms with Gasteiger partial charge in [-0.25, -0.2) is 14.8 Å². The quantitative estimate of drug-likeness (QED) is 0.447. The van der Waals surface area contributed by atoms with Gasteiger partial charge < -0.3 is 5.32 Å². The molecule has 0 spiro atoms. The van der Waals surface area contributed by atoms with Gasteiger partial charge in [-0.3, -0.25) is 4.40 Å². The van der Waals surface area contributed by atoms with Gasteiger partial charge in [-0.15, -0.1) is 0 Å². The lowest BCUT2D eigenvalue weighted by molar-refractivity contribution is 0.530. The van der Waals surface area contributed by atoms with Crippen molar-refractivity contribution in [1.82, 2.24) is 19.7 Å². The van der Waals surface area contributed by atoms with E-state index in [4.69, 9.17) is 11.6 Å². The molecule has 1 aliphatic rings. The summed E-state index contributed by atoms with van der Waals surface area (Å²) < 4.78 is 2.18. The maximum absolute atomic E-state index is 7.27. The van der Waals surface area contributed by atoms with Gasteiger partial charge in [-0.05, 0) is 50.8 Å². The first-order valence-electron chi connectivity index (χ1n) is 10.8. The highest BCUT2D eigenvalue weighted by Crippen LogP contribution is 2.34. The molecule has 3 heterocycles. The molecule has 0 amide bonds. The molecule has 1 saturated heterocycles. The second kappa shape index (κ2) is 8.33. The Morgan fingerprint density at radius 2 is 1.87 bits per heavy atom. The summed E-state index contributed by atoms with van der Waals surface area (Å²) in [6.07, 6.45) is 7.15. The molecule has 2 aromatic heterocycles.